The Bertz CT molecular complexity index is 221. The topological polar surface area (TPSA) is 49.6 Å². The van der Waals surface area contributed by atoms with Crippen LogP contribution in [0.25, 0.3) is 0 Å². The third-order valence-electron chi connectivity index (χ3n) is 3.83. The average molecular weight is 241 g/mol. The van der Waals surface area contributed by atoms with Gasteiger partial charge in [-0.2, -0.15) is 0 Å². The first-order chi connectivity index (χ1) is 8.15. The fraction of sp³-hybridized carbons (Fsp3) is 0.923. The Morgan fingerprint density at radius 3 is 2.35 bits per heavy atom. The number of rotatable bonds is 7. The molecular weight excluding hydrogens is 214 g/mol. The maximum absolute atomic E-state index is 10.8. The van der Waals surface area contributed by atoms with E-state index in [1.54, 1.807) is 0 Å². The fourth-order valence-electron chi connectivity index (χ4n) is 2.56. The molecule has 17 heavy (non-hydrogen) atoms. The second-order valence-electron chi connectivity index (χ2n) is 5.00. The molecule has 4 heteroatoms. The molecule has 0 aromatic heterocycles. The van der Waals surface area contributed by atoms with Crippen LogP contribution in [0, 0.1) is 5.92 Å². The van der Waals surface area contributed by atoms with E-state index in [4.69, 9.17) is 5.73 Å². The zero-order valence-electron chi connectivity index (χ0n) is 11.3. The summed E-state index contributed by atoms with van der Waals surface area (Å²) < 4.78 is 0. The maximum atomic E-state index is 10.8. The predicted octanol–water partition coefficient (Wildman–Crippen LogP) is 0.916. The second-order valence-corrected chi connectivity index (χ2v) is 5.00. The monoisotopic (exact) mass is 241 g/mol. The number of primary amides is 1. The van der Waals surface area contributed by atoms with Gasteiger partial charge in [0.1, 0.15) is 0 Å². The first-order valence-corrected chi connectivity index (χ1v) is 6.88. The number of carbonyl (C=O) groups is 1. The van der Waals surface area contributed by atoms with Crippen molar-refractivity contribution in [2.24, 2.45) is 11.7 Å². The summed E-state index contributed by atoms with van der Waals surface area (Å²) in [5, 5.41) is 0. The van der Waals surface area contributed by atoms with E-state index in [2.05, 4.69) is 23.6 Å². The zero-order chi connectivity index (χ0) is 12.7. The van der Waals surface area contributed by atoms with Crippen LogP contribution in [0.1, 0.15) is 33.1 Å². The van der Waals surface area contributed by atoms with Gasteiger partial charge in [0, 0.05) is 0 Å². The van der Waals surface area contributed by atoms with E-state index in [1.165, 1.54) is 25.8 Å². The predicted molar refractivity (Wildman–Crippen MR) is 70.8 cm³/mol. The standard InChI is InChI=1S/C13H27N3O/c1-3-15(4-2)8-5-12-6-9-16(10-7-12)11-13(14)17/h12H,3-11H2,1-2H3,(H2,14,17). The van der Waals surface area contributed by atoms with Crippen molar-refractivity contribution in [3.8, 4) is 0 Å². The molecule has 1 rings (SSSR count). The Kier molecular flexibility index (Phi) is 6.52. The Morgan fingerprint density at radius 1 is 1.29 bits per heavy atom. The van der Waals surface area contributed by atoms with Crippen molar-refractivity contribution in [2.75, 3.05) is 39.3 Å². The van der Waals surface area contributed by atoms with Crippen LogP contribution in [-0.2, 0) is 4.79 Å². The number of amides is 1. The number of hydrogen-bond acceptors (Lipinski definition) is 3. The van der Waals surface area contributed by atoms with E-state index in [0.29, 0.717) is 6.54 Å². The van der Waals surface area contributed by atoms with Gasteiger partial charge in [-0.05, 0) is 57.9 Å². The van der Waals surface area contributed by atoms with Crippen molar-refractivity contribution in [3.63, 3.8) is 0 Å². The van der Waals surface area contributed by atoms with Gasteiger partial charge in [0.25, 0.3) is 0 Å². The number of piperidine rings is 1. The molecule has 0 radical (unpaired) electrons. The Balaban J connectivity index is 2.16. The van der Waals surface area contributed by atoms with Crippen molar-refractivity contribution < 1.29 is 4.79 Å². The van der Waals surface area contributed by atoms with Gasteiger partial charge >= 0.3 is 0 Å². The average Bonchev–Trinajstić information content (AvgIpc) is 2.32. The second kappa shape index (κ2) is 7.67. The quantitative estimate of drug-likeness (QED) is 0.721. The summed E-state index contributed by atoms with van der Waals surface area (Å²) in [6.07, 6.45) is 3.73. The molecule has 0 saturated carbocycles. The van der Waals surface area contributed by atoms with E-state index in [-0.39, 0.29) is 5.91 Å². The molecule has 4 nitrogen and oxygen atoms in total. The van der Waals surface area contributed by atoms with Gasteiger partial charge in [-0.25, -0.2) is 0 Å². The first kappa shape index (κ1) is 14.5. The molecule has 100 valence electrons. The van der Waals surface area contributed by atoms with Gasteiger partial charge in [-0.3, -0.25) is 9.69 Å². The van der Waals surface area contributed by atoms with Crippen LogP contribution in [0.2, 0.25) is 0 Å². The highest BCUT2D eigenvalue weighted by molar-refractivity contribution is 5.75. The van der Waals surface area contributed by atoms with E-state index < -0.39 is 0 Å². The van der Waals surface area contributed by atoms with Gasteiger partial charge < -0.3 is 10.6 Å². The highest BCUT2D eigenvalue weighted by atomic mass is 16.1. The summed E-state index contributed by atoms with van der Waals surface area (Å²) in [6, 6.07) is 0. The van der Waals surface area contributed by atoms with Crippen LogP contribution in [0.5, 0.6) is 0 Å². The molecule has 0 aromatic carbocycles. The van der Waals surface area contributed by atoms with Gasteiger partial charge in [0.05, 0.1) is 6.54 Å². The molecule has 0 bridgehead atoms. The lowest BCUT2D eigenvalue weighted by atomic mass is 9.93. The van der Waals surface area contributed by atoms with Crippen LogP contribution < -0.4 is 5.73 Å². The van der Waals surface area contributed by atoms with Crippen molar-refractivity contribution in [2.45, 2.75) is 33.1 Å². The van der Waals surface area contributed by atoms with Crippen LogP contribution >= 0.6 is 0 Å². The zero-order valence-corrected chi connectivity index (χ0v) is 11.3. The summed E-state index contributed by atoms with van der Waals surface area (Å²) in [5.74, 6) is 0.631. The minimum absolute atomic E-state index is 0.202. The maximum Gasteiger partial charge on any atom is 0.231 e. The molecule has 1 amide bonds. The smallest absolute Gasteiger partial charge is 0.231 e. The van der Waals surface area contributed by atoms with Crippen molar-refractivity contribution in [1.29, 1.82) is 0 Å². The van der Waals surface area contributed by atoms with Gasteiger partial charge in [0.2, 0.25) is 5.91 Å². The molecule has 0 unspecified atom stereocenters. The summed E-state index contributed by atoms with van der Waals surface area (Å²) >= 11 is 0. The van der Waals surface area contributed by atoms with E-state index in [1.807, 2.05) is 0 Å². The van der Waals surface area contributed by atoms with Crippen molar-refractivity contribution >= 4 is 5.91 Å². The summed E-state index contributed by atoms with van der Waals surface area (Å²) in [6.45, 7) is 10.5. The number of nitrogens with zero attached hydrogens (tertiary/aromatic N) is 2. The third kappa shape index (κ3) is 5.50. The molecule has 1 saturated heterocycles. The van der Waals surface area contributed by atoms with Crippen LogP contribution in [-0.4, -0.2) is 55.0 Å². The SMILES string of the molecule is CCN(CC)CCC1CCN(CC(N)=O)CC1. The molecular formula is C13H27N3O. The molecule has 1 heterocycles. The lowest BCUT2D eigenvalue weighted by molar-refractivity contribution is -0.119. The summed E-state index contributed by atoms with van der Waals surface area (Å²) in [5.41, 5.74) is 5.21. The molecule has 0 aliphatic carbocycles. The van der Waals surface area contributed by atoms with E-state index in [9.17, 15) is 4.79 Å². The van der Waals surface area contributed by atoms with Crippen LogP contribution in [0.4, 0.5) is 0 Å². The van der Waals surface area contributed by atoms with Crippen molar-refractivity contribution in [1.82, 2.24) is 9.80 Å². The third-order valence-corrected chi connectivity index (χ3v) is 3.83. The van der Waals surface area contributed by atoms with Crippen molar-refractivity contribution in [3.05, 3.63) is 0 Å². The normalized spacial score (nSPS) is 18.8. The number of carbonyl (C=O) groups excluding carboxylic acids is 1. The lowest BCUT2D eigenvalue weighted by Crippen LogP contribution is -2.40. The van der Waals surface area contributed by atoms with E-state index >= 15 is 0 Å². The largest absolute Gasteiger partial charge is 0.369 e. The number of hydrogen-bond donors (Lipinski definition) is 1. The fourth-order valence-corrected chi connectivity index (χ4v) is 2.56. The minimum Gasteiger partial charge on any atom is -0.369 e. The minimum atomic E-state index is -0.202. The Labute approximate surface area is 105 Å². The van der Waals surface area contributed by atoms with Crippen LogP contribution in [0.3, 0.4) is 0 Å². The molecule has 0 aromatic rings. The first-order valence-electron chi connectivity index (χ1n) is 6.88. The molecule has 1 aliphatic rings. The Hall–Kier alpha value is -0.610. The molecule has 2 N–H and O–H groups in total. The molecule has 0 atom stereocenters. The summed E-state index contributed by atoms with van der Waals surface area (Å²) in [7, 11) is 0. The highest BCUT2D eigenvalue weighted by Crippen LogP contribution is 2.20. The van der Waals surface area contributed by atoms with Crippen LogP contribution in [0.15, 0.2) is 0 Å². The number of nitrogens with two attached hydrogens (primary N) is 1. The molecule has 1 fully saturated rings. The van der Waals surface area contributed by atoms with Gasteiger partial charge in [-0.1, -0.05) is 13.8 Å². The number of likely N-dealkylation sites (tertiary alicyclic amines) is 1. The summed E-state index contributed by atoms with van der Waals surface area (Å²) in [4.78, 5) is 15.5. The highest BCUT2D eigenvalue weighted by Gasteiger charge is 2.20. The van der Waals surface area contributed by atoms with Gasteiger partial charge in [-0.15, -0.1) is 0 Å². The molecule has 0 spiro atoms. The molecule has 1 aliphatic heterocycles. The van der Waals surface area contributed by atoms with Gasteiger partial charge in [0.15, 0.2) is 0 Å². The lowest BCUT2D eigenvalue weighted by Gasteiger charge is -2.32. The Morgan fingerprint density at radius 2 is 1.88 bits per heavy atom. The van der Waals surface area contributed by atoms with E-state index in [0.717, 1.165) is 32.1 Å².